The molecule has 0 aliphatic rings. The van der Waals surface area contributed by atoms with Gasteiger partial charge in [0.05, 0.1) is 21.1 Å². The van der Waals surface area contributed by atoms with Gasteiger partial charge in [-0.25, -0.2) is 0 Å². The van der Waals surface area contributed by atoms with E-state index in [1.165, 1.54) is 12.1 Å². The minimum absolute atomic E-state index is 0.161. The zero-order chi connectivity index (χ0) is 15.5. The monoisotopic (exact) mass is 317 g/mol. The van der Waals surface area contributed by atoms with Crippen LogP contribution in [0.4, 0.5) is 5.69 Å². The second-order valence-corrected chi connectivity index (χ2v) is 5.81. The van der Waals surface area contributed by atoms with E-state index in [1.807, 2.05) is 0 Å². The molecule has 0 radical (unpaired) electrons. The Labute approximate surface area is 127 Å². The number of nitrogens with one attached hydrogen (secondary N) is 2. The molecule has 110 valence electrons. The van der Waals surface area contributed by atoms with Crippen LogP contribution in [-0.4, -0.2) is 25.4 Å². The van der Waals surface area contributed by atoms with Crippen LogP contribution in [0.25, 0.3) is 0 Å². The Morgan fingerprint density at radius 3 is 2.20 bits per heavy atom. The fourth-order valence-corrected chi connectivity index (χ4v) is 2.02. The van der Waals surface area contributed by atoms with E-state index in [1.54, 1.807) is 20.9 Å². The molecule has 7 heteroatoms. The zero-order valence-electron chi connectivity index (χ0n) is 11.5. The van der Waals surface area contributed by atoms with Crippen LogP contribution in [0.2, 0.25) is 10.0 Å². The van der Waals surface area contributed by atoms with Crippen molar-refractivity contribution in [3.05, 3.63) is 27.7 Å². The van der Waals surface area contributed by atoms with Gasteiger partial charge in [-0.1, -0.05) is 23.2 Å². The third-order valence-electron chi connectivity index (χ3n) is 2.87. The zero-order valence-corrected chi connectivity index (χ0v) is 13.0. The Morgan fingerprint density at radius 2 is 1.75 bits per heavy atom. The van der Waals surface area contributed by atoms with Crippen molar-refractivity contribution in [2.24, 2.45) is 5.41 Å². The van der Waals surface area contributed by atoms with Crippen LogP contribution in [0.3, 0.4) is 0 Å². The quantitative estimate of drug-likeness (QED) is 0.743. The maximum absolute atomic E-state index is 12.0. The number of nitrogens with two attached hydrogens (primary N) is 1. The van der Waals surface area contributed by atoms with Crippen molar-refractivity contribution < 1.29 is 9.59 Å². The van der Waals surface area contributed by atoms with Gasteiger partial charge in [0.15, 0.2) is 0 Å². The van der Waals surface area contributed by atoms with Gasteiger partial charge >= 0.3 is 0 Å². The Bertz CT molecular complexity index is 521. The van der Waals surface area contributed by atoms with Gasteiger partial charge in [0.2, 0.25) is 5.91 Å². The maximum Gasteiger partial charge on any atom is 0.251 e. The molecular formula is C13H17Cl2N3O2. The van der Waals surface area contributed by atoms with E-state index < -0.39 is 5.41 Å². The highest BCUT2D eigenvalue weighted by molar-refractivity contribution is 6.39. The minimum atomic E-state index is -0.716. The number of nitrogen functional groups attached to an aromatic ring is 1. The summed E-state index contributed by atoms with van der Waals surface area (Å²) in [5.41, 5.74) is 5.41. The van der Waals surface area contributed by atoms with Crippen molar-refractivity contribution in [3.63, 3.8) is 0 Å². The van der Waals surface area contributed by atoms with E-state index in [0.717, 1.165) is 0 Å². The molecule has 0 aromatic heterocycles. The minimum Gasteiger partial charge on any atom is -0.396 e. The summed E-state index contributed by atoms with van der Waals surface area (Å²) in [4.78, 5) is 23.6. The number of hydrogen-bond acceptors (Lipinski definition) is 3. The molecule has 0 spiro atoms. The first kappa shape index (κ1) is 16.6. The van der Waals surface area contributed by atoms with E-state index >= 15 is 0 Å². The third-order valence-corrected chi connectivity index (χ3v) is 3.50. The van der Waals surface area contributed by atoms with Crippen LogP contribution >= 0.6 is 23.2 Å². The van der Waals surface area contributed by atoms with Gasteiger partial charge in [0.25, 0.3) is 5.91 Å². The molecule has 0 unspecified atom stereocenters. The fourth-order valence-electron chi connectivity index (χ4n) is 1.54. The highest BCUT2D eigenvalue weighted by atomic mass is 35.5. The first-order valence-corrected chi connectivity index (χ1v) is 6.69. The Morgan fingerprint density at radius 1 is 1.25 bits per heavy atom. The van der Waals surface area contributed by atoms with Crippen LogP contribution < -0.4 is 16.4 Å². The van der Waals surface area contributed by atoms with Gasteiger partial charge < -0.3 is 16.4 Å². The summed E-state index contributed by atoms with van der Waals surface area (Å²) in [7, 11) is 1.55. The number of benzene rings is 1. The van der Waals surface area contributed by atoms with E-state index in [4.69, 9.17) is 28.9 Å². The van der Waals surface area contributed by atoms with Gasteiger partial charge in [-0.3, -0.25) is 9.59 Å². The van der Waals surface area contributed by atoms with E-state index in [-0.39, 0.29) is 34.1 Å². The molecule has 0 fully saturated rings. The average Bonchev–Trinajstić information content (AvgIpc) is 2.40. The summed E-state index contributed by atoms with van der Waals surface area (Å²) in [5.74, 6) is -0.531. The molecule has 2 amide bonds. The Hall–Kier alpha value is -1.46. The highest BCUT2D eigenvalue weighted by Gasteiger charge is 2.27. The lowest BCUT2D eigenvalue weighted by Gasteiger charge is -2.22. The van der Waals surface area contributed by atoms with Gasteiger partial charge in [-0.2, -0.15) is 0 Å². The maximum atomic E-state index is 12.0. The topological polar surface area (TPSA) is 84.2 Å². The average molecular weight is 318 g/mol. The number of carbonyl (C=O) groups is 2. The normalized spacial score (nSPS) is 11.1. The second kappa shape index (κ2) is 6.33. The number of halogens is 2. The Balaban J connectivity index is 2.80. The number of anilines is 1. The van der Waals surface area contributed by atoms with Gasteiger partial charge in [-0.05, 0) is 26.0 Å². The molecule has 0 aliphatic carbocycles. The number of amides is 2. The van der Waals surface area contributed by atoms with Gasteiger partial charge in [0, 0.05) is 19.2 Å². The van der Waals surface area contributed by atoms with Crippen LogP contribution in [0, 0.1) is 5.41 Å². The number of hydrogen-bond donors (Lipinski definition) is 3. The molecule has 1 aromatic rings. The molecular weight excluding hydrogens is 301 g/mol. The van der Waals surface area contributed by atoms with Crippen LogP contribution in [0.1, 0.15) is 24.2 Å². The first-order valence-electron chi connectivity index (χ1n) is 5.94. The summed E-state index contributed by atoms with van der Waals surface area (Å²) in [6, 6.07) is 2.87. The predicted molar refractivity (Wildman–Crippen MR) is 81.1 cm³/mol. The van der Waals surface area contributed by atoms with E-state index in [9.17, 15) is 9.59 Å². The summed E-state index contributed by atoms with van der Waals surface area (Å²) >= 11 is 11.7. The lowest BCUT2D eigenvalue weighted by atomic mass is 9.92. The van der Waals surface area contributed by atoms with Crippen LogP contribution in [-0.2, 0) is 4.79 Å². The fraction of sp³-hybridized carbons (Fsp3) is 0.385. The summed E-state index contributed by atoms with van der Waals surface area (Å²) in [5, 5.41) is 5.65. The van der Waals surface area contributed by atoms with Crippen LogP contribution in [0.5, 0.6) is 0 Å². The summed E-state index contributed by atoms with van der Waals surface area (Å²) in [6.45, 7) is 3.65. The molecule has 0 saturated heterocycles. The van der Waals surface area contributed by atoms with Gasteiger partial charge in [-0.15, -0.1) is 0 Å². The highest BCUT2D eigenvalue weighted by Crippen LogP contribution is 2.28. The van der Waals surface area contributed by atoms with Crippen molar-refractivity contribution in [1.29, 1.82) is 0 Å². The smallest absolute Gasteiger partial charge is 0.251 e. The van der Waals surface area contributed by atoms with E-state index in [0.29, 0.717) is 5.56 Å². The van der Waals surface area contributed by atoms with E-state index in [2.05, 4.69) is 10.6 Å². The SMILES string of the molecule is CNC(=O)C(C)(C)CNC(=O)c1cc(Cl)c(N)c(Cl)c1. The molecule has 0 saturated carbocycles. The lowest BCUT2D eigenvalue weighted by molar-refractivity contribution is -0.128. The summed E-state index contributed by atoms with van der Waals surface area (Å²) in [6.07, 6.45) is 0. The molecule has 1 rings (SSSR count). The Kier molecular flexibility index (Phi) is 5.25. The third kappa shape index (κ3) is 3.77. The number of rotatable bonds is 4. The molecule has 0 heterocycles. The molecule has 0 bridgehead atoms. The predicted octanol–water partition coefficient (Wildman–Crippen LogP) is 2.08. The number of carbonyl (C=O) groups excluding carboxylic acids is 2. The molecule has 1 aromatic carbocycles. The lowest BCUT2D eigenvalue weighted by Crippen LogP contribution is -2.43. The van der Waals surface area contributed by atoms with Crippen molar-refractivity contribution >= 4 is 40.7 Å². The van der Waals surface area contributed by atoms with Gasteiger partial charge in [0.1, 0.15) is 0 Å². The first-order chi connectivity index (χ1) is 9.19. The molecule has 4 N–H and O–H groups in total. The van der Waals surface area contributed by atoms with Crippen LogP contribution in [0.15, 0.2) is 12.1 Å². The largest absolute Gasteiger partial charge is 0.396 e. The molecule has 5 nitrogen and oxygen atoms in total. The second-order valence-electron chi connectivity index (χ2n) is 5.00. The molecule has 0 aliphatic heterocycles. The van der Waals surface area contributed by atoms with Crippen molar-refractivity contribution in [1.82, 2.24) is 10.6 Å². The van der Waals surface area contributed by atoms with Crippen molar-refractivity contribution in [2.75, 3.05) is 19.3 Å². The summed E-state index contributed by atoms with van der Waals surface area (Å²) < 4.78 is 0. The van der Waals surface area contributed by atoms with Crippen molar-refractivity contribution in [2.45, 2.75) is 13.8 Å². The molecule has 0 atom stereocenters. The standard InChI is InChI=1S/C13H17Cl2N3O2/c1-13(2,12(20)17-3)6-18-11(19)7-4-8(14)10(16)9(15)5-7/h4-5H,6,16H2,1-3H3,(H,17,20)(H,18,19). The molecule has 20 heavy (non-hydrogen) atoms. The van der Waals surface area contributed by atoms with Crippen molar-refractivity contribution in [3.8, 4) is 0 Å².